The molecule has 0 saturated carbocycles. The van der Waals surface area contributed by atoms with Crippen LogP contribution >= 0.6 is 0 Å². The van der Waals surface area contributed by atoms with Crippen LogP contribution in [0.1, 0.15) is 48.6 Å². The van der Waals surface area contributed by atoms with E-state index in [1.54, 1.807) is 0 Å². The van der Waals surface area contributed by atoms with Crippen molar-refractivity contribution in [1.29, 1.82) is 5.26 Å². The first kappa shape index (κ1) is 13.7. The van der Waals surface area contributed by atoms with Crippen molar-refractivity contribution in [3.63, 3.8) is 0 Å². The molecule has 0 atom stereocenters. The third-order valence-corrected chi connectivity index (χ3v) is 4.19. The summed E-state index contributed by atoms with van der Waals surface area (Å²) in [5, 5.41) is 19.7. The van der Waals surface area contributed by atoms with Gasteiger partial charge in [-0.15, -0.1) is 0 Å². The molecule has 0 fully saturated rings. The van der Waals surface area contributed by atoms with Gasteiger partial charge in [0.25, 0.3) is 0 Å². The highest BCUT2D eigenvalue weighted by Crippen LogP contribution is 2.38. The van der Waals surface area contributed by atoms with E-state index in [0.29, 0.717) is 5.58 Å². The maximum atomic E-state index is 12.3. The summed E-state index contributed by atoms with van der Waals surface area (Å²) in [4.78, 5) is 12.3. The van der Waals surface area contributed by atoms with Crippen molar-refractivity contribution in [3.05, 3.63) is 38.7 Å². The quantitative estimate of drug-likeness (QED) is 0.918. The van der Waals surface area contributed by atoms with Crippen LogP contribution in [-0.4, -0.2) is 5.11 Å². The summed E-state index contributed by atoms with van der Waals surface area (Å²) in [7, 11) is 0. The molecule has 3 rings (SSSR count). The molecule has 1 aromatic heterocycles. The van der Waals surface area contributed by atoms with Gasteiger partial charge < -0.3 is 9.52 Å². The Balaban J connectivity index is 2.48. The lowest BCUT2D eigenvalue weighted by atomic mass is 9.84. The van der Waals surface area contributed by atoms with Crippen molar-refractivity contribution in [3.8, 4) is 11.8 Å². The number of hydrogen-bond donors (Lipinski definition) is 1. The third-order valence-electron chi connectivity index (χ3n) is 4.19. The van der Waals surface area contributed by atoms with Crippen LogP contribution in [0.4, 0.5) is 0 Å². The minimum absolute atomic E-state index is 0.0000116. The lowest BCUT2D eigenvalue weighted by Gasteiger charge is -2.22. The van der Waals surface area contributed by atoms with Gasteiger partial charge in [-0.25, -0.2) is 0 Å². The minimum atomic E-state index is -0.337. The zero-order chi connectivity index (χ0) is 15.0. The molecule has 0 aliphatic heterocycles. The van der Waals surface area contributed by atoms with E-state index in [-0.39, 0.29) is 22.3 Å². The number of benzene rings is 1. The Morgan fingerprint density at radius 1 is 1.33 bits per heavy atom. The zero-order valence-corrected chi connectivity index (χ0v) is 12.0. The Morgan fingerprint density at radius 3 is 2.71 bits per heavy atom. The number of phenolic OH excluding ortho intramolecular Hbond substituents is 1. The fraction of sp³-hybridized carbons (Fsp3) is 0.412. The Kier molecular flexibility index (Phi) is 3.42. The van der Waals surface area contributed by atoms with Crippen LogP contribution in [-0.2, 0) is 19.3 Å². The number of nitrogens with zero attached hydrogens (tertiary/aromatic N) is 1. The lowest BCUT2D eigenvalue weighted by molar-refractivity contribution is 0.464. The SMILES string of the molecule is CCCc1c2c(c(O)c3c(=O)cc(C#N)oc13)CCCC2. The maximum absolute atomic E-state index is 12.3. The Bertz CT molecular complexity index is 812. The monoisotopic (exact) mass is 283 g/mol. The maximum Gasteiger partial charge on any atom is 0.207 e. The highest BCUT2D eigenvalue weighted by Gasteiger charge is 2.24. The van der Waals surface area contributed by atoms with Crippen LogP contribution in [0.25, 0.3) is 11.0 Å². The summed E-state index contributed by atoms with van der Waals surface area (Å²) in [6.45, 7) is 2.07. The number of aromatic hydroxyl groups is 1. The van der Waals surface area contributed by atoms with Crippen molar-refractivity contribution in [2.45, 2.75) is 45.4 Å². The van der Waals surface area contributed by atoms with Gasteiger partial charge >= 0.3 is 0 Å². The van der Waals surface area contributed by atoms with Gasteiger partial charge in [-0.1, -0.05) is 13.3 Å². The molecule has 1 N–H and O–H groups in total. The summed E-state index contributed by atoms with van der Waals surface area (Å²) < 4.78 is 5.60. The lowest BCUT2D eigenvalue weighted by Crippen LogP contribution is -2.12. The van der Waals surface area contributed by atoms with E-state index in [0.717, 1.165) is 61.3 Å². The minimum Gasteiger partial charge on any atom is -0.507 e. The molecule has 1 aliphatic carbocycles. The van der Waals surface area contributed by atoms with Gasteiger partial charge in [-0.2, -0.15) is 5.26 Å². The van der Waals surface area contributed by atoms with Crippen LogP contribution in [0, 0.1) is 11.3 Å². The van der Waals surface area contributed by atoms with Crippen LogP contribution < -0.4 is 5.43 Å². The molecule has 21 heavy (non-hydrogen) atoms. The second-order valence-corrected chi connectivity index (χ2v) is 5.53. The van der Waals surface area contributed by atoms with Crippen molar-refractivity contribution in [2.75, 3.05) is 0 Å². The fourth-order valence-electron chi connectivity index (χ4n) is 3.29. The third kappa shape index (κ3) is 2.09. The van der Waals surface area contributed by atoms with Crippen LogP contribution in [0.2, 0.25) is 0 Å². The fourth-order valence-corrected chi connectivity index (χ4v) is 3.29. The second-order valence-electron chi connectivity index (χ2n) is 5.53. The predicted molar refractivity (Wildman–Crippen MR) is 79.5 cm³/mol. The van der Waals surface area contributed by atoms with Crippen LogP contribution in [0.15, 0.2) is 15.3 Å². The van der Waals surface area contributed by atoms with Gasteiger partial charge in [0.15, 0.2) is 5.43 Å². The van der Waals surface area contributed by atoms with E-state index < -0.39 is 0 Å². The molecule has 1 aromatic carbocycles. The Labute approximate surface area is 122 Å². The van der Waals surface area contributed by atoms with Crippen molar-refractivity contribution < 1.29 is 9.52 Å². The van der Waals surface area contributed by atoms with E-state index in [1.165, 1.54) is 0 Å². The van der Waals surface area contributed by atoms with Gasteiger partial charge in [-0.05, 0) is 48.8 Å². The molecule has 108 valence electrons. The topological polar surface area (TPSA) is 74.2 Å². The molecular weight excluding hydrogens is 266 g/mol. The van der Waals surface area contributed by atoms with Crippen molar-refractivity contribution >= 4 is 11.0 Å². The number of fused-ring (bicyclic) bond motifs is 2. The van der Waals surface area contributed by atoms with Gasteiger partial charge in [-0.3, -0.25) is 4.79 Å². The Morgan fingerprint density at radius 2 is 2.05 bits per heavy atom. The highest BCUT2D eigenvalue weighted by atomic mass is 16.3. The number of phenols is 1. The number of aryl methyl sites for hydroxylation is 1. The molecular formula is C17H17NO3. The van der Waals surface area contributed by atoms with Crippen molar-refractivity contribution in [2.24, 2.45) is 0 Å². The molecule has 0 bridgehead atoms. The normalized spacial score (nSPS) is 13.9. The predicted octanol–water partition coefficient (Wildman–Crippen LogP) is 3.20. The molecule has 0 amide bonds. The molecule has 0 spiro atoms. The van der Waals surface area contributed by atoms with E-state index in [4.69, 9.17) is 9.68 Å². The molecule has 2 aromatic rings. The molecule has 0 saturated heterocycles. The second kappa shape index (κ2) is 5.25. The first-order chi connectivity index (χ1) is 10.2. The number of hydrogen-bond acceptors (Lipinski definition) is 4. The smallest absolute Gasteiger partial charge is 0.207 e. The molecule has 4 heteroatoms. The van der Waals surface area contributed by atoms with Gasteiger partial charge in [0.2, 0.25) is 5.76 Å². The standard InChI is InChI=1S/C17H17NO3/c1-2-5-13-11-6-3-4-7-12(11)16(20)15-14(19)8-10(9-18)21-17(13)15/h8,20H,2-7H2,1H3. The average Bonchev–Trinajstić information content (AvgIpc) is 2.50. The molecule has 1 aliphatic rings. The first-order valence-electron chi connectivity index (χ1n) is 7.40. The summed E-state index contributed by atoms with van der Waals surface area (Å²) in [5.74, 6) is 0.0535. The largest absolute Gasteiger partial charge is 0.507 e. The molecule has 0 unspecified atom stereocenters. The van der Waals surface area contributed by atoms with E-state index in [9.17, 15) is 9.90 Å². The summed E-state index contributed by atoms with van der Waals surface area (Å²) >= 11 is 0. The zero-order valence-electron chi connectivity index (χ0n) is 12.0. The van der Waals surface area contributed by atoms with Gasteiger partial charge in [0.05, 0.1) is 0 Å². The van der Waals surface area contributed by atoms with Gasteiger partial charge in [0, 0.05) is 6.07 Å². The Hall–Kier alpha value is -2.28. The summed E-state index contributed by atoms with van der Waals surface area (Å²) in [6.07, 6.45) is 5.52. The summed E-state index contributed by atoms with van der Waals surface area (Å²) in [5.41, 5.74) is 3.07. The average molecular weight is 283 g/mol. The van der Waals surface area contributed by atoms with Crippen LogP contribution in [0.3, 0.4) is 0 Å². The molecule has 1 heterocycles. The molecule has 0 radical (unpaired) electrons. The number of nitriles is 1. The van der Waals surface area contributed by atoms with E-state index in [1.807, 2.05) is 6.07 Å². The van der Waals surface area contributed by atoms with E-state index >= 15 is 0 Å². The van der Waals surface area contributed by atoms with E-state index in [2.05, 4.69) is 6.92 Å². The highest BCUT2D eigenvalue weighted by molar-refractivity contribution is 5.89. The van der Waals surface area contributed by atoms with Crippen LogP contribution in [0.5, 0.6) is 5.75 Å². The number of rotatable bonds is 2. The summed E-state index contributed by atoms with van der Waals surface area (Å²) in [6, 6.07) is 3.04. The molecule has 4 nitrogen and oxygen atoms in total. The van der Waals surface area contributed by atoms with Crippen molar-refractivity contribution in [1.82, 2.24) is 0 Å². The van der Waals surface area contributed by atoms with Gasteiger partial charge in [0.1, 0.15) is 22.8 Å². The first-order valence-corrected chi connectivity index (χ1v) is 7.40.